The minimum absolute atomic E-state index is 0.0749. The molecule has 0 saturated carbocycles. The molecule has 0 aromatic carbocycles. The van der Waals surface area contributed by atoms with Gasteiger partial charge in [-0.3, -0.25) is 0 Å². The molecule has 0 amide bonds. The normalized spacial score (nSPS) is 16.8. The van der Waals surface area contributed by atoms with Crippen LogP contribution < -0.4 is 0 Å². The minimum atomic E-state index is 0.0749. The van der Waals surface area contributed by atoms with Gasteiger partial charge in [-0.1, -0.05) is 20.8 Å². The van der Waals surface area contributed by atoms with Crippen LogP contribution in [0.1, 0.15) is 33.6 Å². The van der Waals surface area contributed by atoms with Gasteiger partial charge < -0.3 is 0 Å². The average molecular weight is 161 g/mol. The van der Waals surface area contributed by atoms with Crippen LogP contribution in [0.25, 0.3) is 0 Å². The molecule has 1 radical (unpaired) electrons. The van der Waals surface area contributed by atoms with Crippen molar-refractivity contribution in [3.63, 3.8) is 0 Å². The fourth-order valence-corrected chi connectivity index (χ4v) is 1.80. The summed E-state index contributed by atoms with van der Waals surface area (Å²) in [5.74, 6) is 0. The number of rotatable bonds is 5. The van der Waals surface area contributed by atoms with Gasteiger partial charge in [0.15, 0.2) is 0 Å². The molecule has 0 fully saturated rings. The Morgan fingerprint density at radius 3 is 2.20 bits per heavy atom. The van der Waals surface area contributed by atoms with E-state index >= 15 is 0 Å². The summed E-state index contributed by atoms with van der Waals surface area (Å²) < 4.78 is 0. The van der Waals surface area contributed by atoms with Gasteiger partial charge in [-0.25, -0.2) is 5.11 Å². The topological polar surface area (TPSA) is 19.9 Å². The molecule has 0 saturated heterocycles. The summed E-state index contributed by atoms with van der Waals surface area (Å²) in [4.78, 5) is 0. The molecule has 0 aromatic heterocycles. The molecule has 0 bridgehead atoms. The SMILES string of the molecule is CCC(C)SC(CC)C[O]. The van der Waals surface area contributed by atoms with Crippen molar-refractivity contribution in [1.29, 1.82) is 0 Å². The zero-order valence-electron chi connectivity index (χ0n) is 7.09. The second-order valence-corrected chi connectivity index (χ2v) is 4.30. The Morgan fingerprint density at radius 1 is 1.30 bits per heavy atom. The van der Waals surface area contributed by atoms with Crippen LogP contribution in [-0.2, 0) is 5.11 Å². The quantitative estimate of drug-likeness (QED) is 0.607. The standard InChI is InChI=1S/C8H17OS/c1-4-7(3)10-8(5-2)6-9/h7-8H,4-6H2,1-3H3. The van der Waals surface area contributed by atoms with Crippen LogP contribution in [0.4, 0.5) is 0 Å². The van der Waals surface area contributed by atoms with Crippen molar-refractivity contribution in [2.45, 2.75) is 44.1 Å². The molecule has 0 rings (SSSR count). The van der Waals surface area contributed by atoms with E-state index in [0.29, 0.717) is 10.5 Å². The van der Waals surface area contributed by atoms with Gasteiger partial charge in [0, 0.05) is 10.5 Å². The van der Waals surface area contributed by atoms with E-state index in [-0.39, 0.29) is 6.61 Å². The summed E-state index contributed by atoms with van der Waals surface area (Å²) in [5, 5.41) is 11.5. The van der Waals surface area contributed by atoms with Crippen LogP contribution in [-0.4, -0.2) is 17.1 Å². The number of thioether (sulfide) groups is 1. The Bertz CT molecular complexity index is 71.7. The molecule has 1 nitrogen and oxygen atoms in total. The molecule has 2 heteroatoms. The van der Waals surface area contributed by atoms with E-state index in [0.717, 1.165) is 6.42 Å². The predicted octanol–water partition coefficient (Wildman–Crippen LogP) is 2.73. The molecule has 10 heavy (non-hydrogen) atoms. The zero-order valence-corrected chi connectivity index (χ0v) is 7.91. The zero-order chi connectivity index (χ0) is 7.98. The molecule has 0 N–H and O–H groups in total. The van der Waals surface area contributed by atoms with Crippen molar-refractivity contribution in [1.82, 2.24) is 0 Å². The predicted molar refractivity (Wildman–Crippen MR) is 47.0 cm³/mol. The second-order valence-electron chi connectivity index (χ2n) is 2.55. The van der Waals surface area contributed by atoms with Crippen molar-refractivity contribution < 1.29 is 5.11 Å². The van der Waals surface area contributed by atoms with Crippen molar-refractivity contribution in [2.24, 2.45) is 0 Å². The summed E-state index contributed by atoms with van der Waals surface area (Å²) in [5.41, 5.74) is 0. The van der Waals surface area contributed by atoms with Gasteiger partial charge in [0.2, 0.25) is 0 Å². The first-order valence-corrected chi connectivity index (χ1v) is 4.92. The highest BCUT2D eigenvalue weighted by atomic mass is 32.2. The van der Waals surface area contributed by atoms with Crippen LogP contribution in [0.5, 0.6) is 0 Å². The van der Waals surface area contributed by atoms with E-state index in [9.17, 15) is 5.11 Å². The first-order valence-electron chi connectivity index (χ1n) is 3.98. The lowest BCUT2D eigenvalue weighted by molar-refractivity contribution is 0.192. The van der Waals surface area contributed by atoms with Crippen LogP contribution >= 0.6 is 11.8 Å². The molecular weight excluding hydrogens is 144 g/mol. The minimum Gasteiger partial charge on any atom is -0.236 e. The fourth-order valence-electron chi connectivity index (χ4n) is 0.678. The van der Waals surface area contributed by atoms with Gasteiger partial charge in [-0.15, -0.1) is 0 Å². The molecule has 0 aliphatic rings. The lowest BCUT2D eigenvalue weighted by Crippen LogP contribution is -2.10. The molecular formula is C8H17OS. The Balaban J connectivity index is 3.41. The summed E-state index contributed by atoms with van der Waals surface area (Å²) in [6.07, 6.45) is 2.18. The van der Waals surface area contributed by atoms with Crippen LogP contribution in [0, 0.1) is 0 Å². The lowest BCUT2D eigenvalue weighted by atomic mass is 10.3. The van der Waals surface area contributed by atoms with Gasteiger partial charge in [0.25, 0.3) is 0 Å². The van der Waals surface area contributed by atoms with Crippen LogP contribution in [0.2, 0.25) is 0 Å². The van der Waals surface area contributed by atoms with E-state index in [1.54, 1.807) is 0 Å². The van der Waals surface area contributed by atoms with Crippen molar-refractivity contribution in [3.8, 4) is 0 Å². The maximum Gasteiger partial charge on any atom is 0.0940 e. The number of hydrogen-bond acceptors (Lipinski definition) is 1. The molecule has 2 atom stereocenters. The smallest absolute Gasteiger partial charge is 0.0940 e. The van der Waals surface area contributed by atoms with E-state index in [1.165, 1.54) is 6.42 Å². The van der Waals surface area contributed by atoms with Gasteiger partial charge in [-0.05, 0) is 12.8 Å². The molecule has 0 aromatic rings. The molecule has 0 aliphatic heterocycles. The van der Waals surface area contributed by atoms with Crippen molar-refractivity contribution >= 4 is 11.8 Å². The highest BCUT2D eigenvalue weighted by molar-refractivity contribution is 8.00. The lowest BCUT2D eigenvalue weighted by Gasteiger charge is -2.14. The third kappa shape index (κ3) is 4.18. The van der Waals surface area contributed by atoms with Crippen LogP contribution in [0.3, 0.4) is 0 Å². The molecule has 0 aliphatic carbocycles. The van der Waals surface area contributed by atoms with Gasteiger partial charge in [0.1, 0.15) is 0 Å². The fraction of sp³-hybridized carbons (Fsp3) is 1.00. The molecule has 0 heterocycles. The summed E-state index contributed by atoms with van der Waals surface area (Å²) >= 11 is 1.83. The van der Waals surface area contributed by atoms with Crippen molar-refractivity contribution in [2.75, 3.05) is 6.61 Å². The first-order chi connectivity index (χ1) is 4.74. The van der Waals surface area contributed by atoms with E-state index in [4.69, 9.17) is 0 Å². The highest BCUT2D eigenvalue weighted by Crippen LogP contribution is 2.21. The van der Waals surface area contributed by atoms with Gasteiger partial charge in [0.05, 0.1) is 6.61 Å². The van der Waals surface area contributed by atoms with Gasteiger partial charge >= 0.3 is 0 Å². The highest BCUT2D eigenvalue weighted by Gasteiger charge is 2.09. The maximum absolute atomic E-state index is 10.5. The Hall–Kier alpha value is 0.310. The first kappa shape index (κ1) is 10.3. The third-order valence-corrected chi connectivity index (χ3v) is 3.29. The summed E-state index contributed by atoms with van der Waals surface area (Å²) in [6, 6.07) is 0. The maximum atomic E-state index is 10.5. The average Bonchev–Trinajstić information content (AvgIpc) is 1.99. The van der Waals surface area contributed by atoms with E-state index in [2.05, 4.69) is 20.8 Å². The Morgan fingerprint density at radius 2 is 1.90 bits per heavy atom. The monoisotopic (exact) mass is 161 g/mol. The van der Waals surface area contributed by atoms with Gasteiger partial charge in [-0.2, -0.15) is 11.8 Å². The van der Waals surface area contributed by atoms with Crippen LogP contribution in [0.15, 0.2) is 0 Å². The Kier molecular flexibility index (Phi) is 6.24. The van der Waals surface area contributed by atoms with E-state index < -0.39 is 0 Å². The molecule has 61 valence electrons. The molecule has 2 unspecified atom stereocenters. The second kappa shape index (κ2) is 6.05. The summed E-state index contributed by atoms with van der Waals surface area (Å²) in [7, 11) is 0. The van der Waals surface area contributed by atoms with Crippen molar-refractivity contribution in [3.05, 3.63) is 0 Å². The third-order valence-electron chi connectivity index (χ3n) is 1.64. The Labute approximate surface area is 68.2 Å². The largest absolute Gasteiger partial charge is 0.236 e. The molecule has 0 spiro atoms. The summed E-state index contributed by atoms with van der Waals surface area (Å²) in [6.45, 7) is 6.50. The van der Waals surface area contributed by atoms with E-state index in [1.807, 2.05) is 11.8 Å². The number of hydrogen-bond donors (Lipinski definition) is 0.